The van der Waals surface area contributed by atoms with E-state index in [0.717, 1.165) is 33.7 Å². The molecule has 0 atom stereocenters. The van der Waals surface area contributed by atoms with Crippen molar-refractivity contribution in [3.63, 3.8) is 0 Å². The van der Waals surface area contributed by atoms with Gasteiger partial charge in [-0.1, -0.05) is 29.3 Å². The molecule has 0 saturated carbocycles. The summed E-state index contributed by atoms with van der Waals surface area (Å²) in [7, 11) is 0. The Labute approximate surface area is 122 Å². The van der Waals surface area contributed by atoms with Crippen molar-refractivity contribution >= 4 is 17.2 Å². The molecule has 0 aliphatic heterocycles. The largest absolute Gasteiger partial charge is 0.191 e. The van der Waals surface area contributed by atoms with Gasteiger partial charge in [-0.15, -0.1) is 10.2 Å². The number of rotatable bonds is 1. The van der Waals surface area contributed by atoms with Gasteiger partial charge in [-0.2, -0.15) is 9.61 Å². The van der Waals surface area contributed by atoms with Crippen molar-refractivity contribution in [1.29, 1.82) is 0 Å². The van der Waals surface area contributed by atoms with E-state index in [2.05, 4.69) is 47.3 Å². The Morgan fingerprint density at radius 2 is 1.75 bits per heavy atom. The number of fused-ring (bicyclic) bond motifs is 1. The Kier molecular flexibility index (Phi) is 2.98. The number of aromatic nitrogens is 4. The zero-order valence-corrected chi connectivity index (χ0v) is 12.7. The van der Waals surface area contributed by atoms with Crippen LogP contribution in [0.1, 0.15) is 22.3 Å². The van der Waals surface area contributed by atoms with Crippen LogP contribution in [0.25, 0.3) is 17.0 Å². The fraction of sp³-hybridized carbons (Fsp3) is 0.267. The Bertz CT molecular complexity index is 820. The van der Waals surface area contributed by atoms with Gasteiger partial charge in [-0.05, 0) is 44.9 Å². The molecule has 102 valence electrons. The number of nitrogens with zero attached hydrogens (tertiary/aromatic N) is 4. The molecule has 0 aliphatic rings. The molecule has 0 bridgehead atoms. The summed E-state index contributed by atoms with van der Waals surface area (Å²) in [5.74, 6) is 0.728. The first kappa shape index (κ1) is 13.1. The third-order valence-electron chi connectivity index (χ3n) is 3.67. The normalized spacial score (nSPS) is 11.2. The van der Waals surface area contributed by atoms with E-state index in [1.165, 1.54) is 5.56 Å². The molecule has 1 aromatic carbocycles. The maximum absolute atomic E-state index is 6.19. The van der Waals surface area contributed by atoms with Crippen molar-refractivity contribution in [2.75, 3.05) is 0 Å². The number of halogens is 1. The molecule has 0 aliphatic carbocycles. The van der Waals surface area contributed by atoms with Gasteiger partial charge in [0.2, 0.25) is 0 Å². The SMILES string of the molecule is Cc1ccc(C)c(-c2nnc3c(C)c(C)c(Cl)nn23)c1. The number of benzene rings is 1. The Morgan fingerprint density at radius 1 is 1.00 bits per heavy atom. The van der Waals surface area contributed by atoms with E-state index in [-0.39, 0.29) is 0 Å². The molecular formula is C15H15ClN4. The molecule has 0 N–H and O–H groups in total. The standard InChI is InChI=1S/C15H15ClN4/c1-8-5-6-9(2)12(7-8)15-18-17-14-11(4)10(3)13(16)19-20(14)15/h5-7H,1-4H3. The van der Waals surface area contributed by atoms with Crippen LogP contribution in [0.4, 0.5) is 0 Å². The first-order valence-corrected chi connectivity index (χ1v) is 6.82. The highest BCUT2D eigenvalue weighted by Crippen LogP contribution is 2.26. The fourth-order valence-electron chi connectivity index (χ4n) is 2.24. The molecule has 3 aromatic rings. The van der Waals surface area contributed by atoms with E-state index in [4.69, 9.17) is 11.6 Å². The first-order chi connectivity index (χ1) is 9.49. The molecule has 2 aromatic heterocycles. The molecule has 0 amide bonds. The summed E-state index contributed by atoms with van der Waals surface area (Å²) < 4.78 is 1.73. The topological polar surface area (TPSA) is 43.1 Å². The molecule has 0 spiro atoms. The average Bonchev–Trinajstić information content (AvgIpc) is 2.82. The van der Waals surface area contributed by atoms with Crippen molar-refractivity contribution in [2.24, 2.45) is 0 Å². The van der Waals surface area contributed by atoms with Gasteiger partial charge in [0.05, 0.1) is 0 Å². The minimum Gasteiger partial charge on any atom is -0.191 e. The monoisotopic (exact) mass is 286 g/mol. The van der Waals surface area contributed by atoms with Crippen LogP contribution in [0.2, 0.25) is 5.15 Å². The van der Waals surface area contributed by atoms with Crippen LogP contribution in [-0.4, -0.2) is 19.8 Å². The highest BCUT2D eigenvalue weighted by atomic mass is 35.5. The molecule has 2 heterocycles. The average molecular weight is 287 g/mol. The van der Waals surface area contributed by atoms with Crippen LogP contribution < -0.4 is 0 Å². The lowest BCUT2D eigenvalue weighted by molar-refractivity contribution is 0.918. The van der Waals surface area contributed by atoms with Gasteiger partial charge in [-0.3, -0.25) is 0 Å². The second-order valence-electron chi connectivity index (χ2n) is 5.12. The highest BCUT2D eigenvalue weighted by Gasteiger charge is 2.16. The molecule has 20 heavy (non-hydrogen) atoms. The summed E-state index contributed by atoms with van der Waals surface area (Å²) >= 11 is 6.19. The van der Waals surface area contributed by atoms with Crippen molar-refractivity contribution in [3.8, 4) is 11.4 Å². The highest BCUT2D eigenvalue weighted by molar-refractivity contribution is 6.30. The lowest BCUT2D eigenvalue weighted by atomic mass is 10.1. The minimum atomic E-state index is 0.487. The Balaban J connectivity index is 2.36. The molecule has 5 heteroatoms. The first-order valence-electron chi connectivity index (χ1n) is 6.45. The number of aryl methyl sites for hydroxylation is 3. The van der Waals surface area contributed by atoms with Gasteiger partial charge in [0, 0.05) is 11.1 Å². The van der Waals surface area contributed by atoms with Crippen molar-refractivity contribution < 1.29 is 0 Å². The quantitative estimate of drug-likeness (QED) is 0.685. The van der Waals surface area contributed by atoms with Crippen LogP contribution in [0, 0.1) is 27.7 Å². The number of hydrogen-bond acceptors (Lipinski definition) is 3. The summed E-state index contributed by atoms with van der Waals surface area (Å²) in [5.41, 5.74) is 6.05. The maximum atomic E-state index is 6.19. The van der Waals surface area contributed by atoms with E-state index in [1.54, 1.807) is 4.52 Å². The molecular weight excluding hydrogens is 272 g/mol. The molecule has 0 unspecified atom stereocenters. The molecule has 0 fully saturated rings. The second-order valence-corrected chi connectivity index (χ2v) is 5.48. The third-order valence-corrected chi connectivity index (χ3v) is 4.03. The van der Waals surface area contributed by atoms with E-state index < -0.39 is 0 Å². The van der Waals surface area contributed by atoms with E-state index in [0.29, 0.717) is 5.15 Å². The molecule has 0 radical (unpaired) electrons. The Morgan fingerprint density at radius 3 is 2.50 bits per heavy atom. The maximum Gasteiger partial charge on any atom is 0.185 e. The smallest absolute Gasteiger partial charge is 0.185 e. The van der Waals surface area contributed by atoms with Gasteiger partial charge < -0.3 is 0 Å². The molecule has 3 rings (SSSR count). The van der Waals surface area contributed by atoms with Crippen molar-refractivity contribution in [1.82, 2.24) is 19.8 Å². The zero-order chi connectivity index (χ0) is 14.4. The van der Waals surface area contributed by atoms with Crippen LogP contribution in [-0.2, 0) is 0 Å². The summed E-state index contributed by atoms with van der Waals surface area (Å²) in [6.45, 7) is 8.04. The zero-order valence-electron chi connectivity index (χ0n) is 11.9. The fourth-order valence-corrected chi connectivity index (χ4v) is 2.46. The van der Waals surface area contributed by atoms with Gasteiger partial charge in [0.25, 0.3) is 0 Å². The second kappa shape index (κ2) is 4.56. The van der Waals surface area contributed by atoms with E-state index in [1.807, 2.05) is 13.8 Å². The lowest BCUT2D eigenvalue weighted by Crippen LogP contribution is -2.01. The molecule has 0 saturated heterocycles. The number of hydrogen-bond donors (Lipinski definition) is 0. The minimum absolute atomic E-state index is 0.487. The van der Waals surface area contributed by atoms with Gasteiger partial charge in [0.1, 0.15) is 0 Å². The summed E-state index contributed by atoms with van der Waals surface area (Å²) in [5, 5.41) is 13.4. The summed E-state index contributed by atoms with van der Waals surface area (Å²) in [6.07, 6.45) is 0. The van der Waals surface area contributed by atoms with Gasteiger partial charge in [-0.25, -0.2) is 0 Å². The van der Waals surface area contributed by atoms with Crippen LogP contribution >= 0.6 is 11.6 Å². The van der Waals surface area contributed by atoms with Crippen molar-refractivity contribution in [2.45, 2.75) is 27.7 Å². The van der Waals surface area contributed by atoms with Crippen LogP contribution in [0.15, 0.2) is 18.2 Å². The molecule has 4 nitrogen and oxygen atoms in total. The third kappa shape index (κ3) is 1.88. The van der Waals surface area contributed by atoms with Crippen LogP contribution in [0.3, 0.4) is 0 Å². The summed E-state index contributed by atoms with van der Waals surface area (Å²) in [6, 6.07) is 6.25. The van der Waals surface area contributed by atoms with Crippen LogP contribution in [0.5, 0.6) is 0 Å². The van der Waals surface area contributed by atoms with E-state index >= 15 is 0 Å². The van der Waals surface area contributed by atoms with Gasteiger partial charge in [0.15, 0.2) is 16.6 Å². The van der Waals surface area contributed by atoms with Gasteiger partial charge >= 0.3 is 0 Å². The predicted octanol–water partition coefficient (Wildman–Crippen LogP) is 3.68. The van der Waals surface area contributed by atoms with Crippen molar-refractivity contribution in [3.05, 3.63) is 45.6 Å². The predicted molar refractivity (Wildman–Crippen MR) is 80.2 cm³/mol. The van der Waals surface area contributed by atoms with E-state index in [9.17, 15) is 0 Å². The summed E-state index contributed by atoms with van der Waals surface area (Å²) in [4.78, 5) is 0. The lowest BCUT2D eigenvalue weighted by Gasteiger charge is -2.07. The Hall–Kier alpha value is -1.94.